The molecular formula is C23H31N3O4. The molecule has 0 radical (unpaired) electrons. The minimum atomic E-state index is -0.362. The van der Waals surface area contributed by atoms with E-state index in [1.54, 1.807) is 12.1 Å². The van der Waals surface area contributed by atoms with E-state index in [2.05, 4.69) is 35.8 Å². The molecule has 0 amide bonds. The summed E-state index contributed by atoms with van der Waals surface area (Å²) in [7, 11) is 0. The lowest BCUT2D eigenvalue weighted by molar-refractivity contribution is -0.384. The van der Waals surface area contributed by atoms with Gasteiger partial charge in [-0.15, -0.1) is 0 Å². The fourth-order valence-electron chi connectivity index (χ4n) is 3.49. The normalized spacial score (nSPS) is 14.5. The number of hydrogen-bond donors (Lipinski definition) is 0. The van der Waals surface area contributed by atoms with Crippen molar-refractivity contribution in [1.29, 1.82) is 0 Å². The van der Waals surface area contributed by atoms with Crippen LogP contribution in [0, 0.1) is 10.1 Å². The smallest absolute Gasteiger partial charge is 0.269 e. The molecule has 30 heavy (non-hydrogen) atoms. The summed E-state index contributed by atoms with van der Waals surface area (Å²) in [6, 6.07) is 13.0. The Bertz CT molecular complexity index is 791. The number of nitro groups is 1. The molecule has 3 rings (SSSR count). The van der Waals surface area contributed by atoms with E-state index in [1.807, 2.05) is 18.2 Å². The molecule has 1 saturated heterocycles. The standard InChI is InChI=1S/C23H31N3O4/c1-3-13-29-22-15-21(16-23(17-22)30-14-4-2)25-11-9-24(10-12-25)18-19-5-7-20(8-6-19)26(27)28/h5-8,15-17H,3-4,9-14,18H2,1-2H3. The lowest BCUT2D eigenvalue weighted by atomic mass is 10.1. The van der Waals surface area contributed by atoms with Gasteiger partial charge in [0, 0.05) is 68.7 Å². The SMILES string of the molecule is CCCOc1cc(OCCC)cc(N2CCN(Cc3ccc([N+](=O)[O-])cc3)CC2)c1. The van der Waals surface area contributed by atoms with Gasteiger partial charge in [-0.05, 0) is 18.4 Å². The van der Waals surface area contributed by atoms with Gasteiger partial charge in [-0.25, -0.2) is 0 Å². The minimum Gasteiger partial charge on any atom is -0.493 e. The van der Waals surface area contributed by atoms with E-state index >= 15 is 0 Å². The first kappa shape index (κ1) is 21.9. The molecule has 162 valence electrons. The average molecular weight is 414 g/mol. The van der Waals surface area contributed by atoms with E-state index < -0.39 is 0 Å². The van der Waals surface area contributed by atoms with Crippen LogP contribution in [0.1, 0.15) is 32.3 Å². The van der Waals surface area contributed by atoms with E-state index in [0.717, 1.165) is 68.3 Å². The van der Waals surface area contributed by atoms with Gasteiger partial charge < -0.3 is 14.4 Å². The molecule has 1 aliphatic rings. The zero-order chi connectivity index (χ0) is 21.3. The third-order valence-electron chi connectivity index (χ3n) is 5.10. The van der Waals surface area contributed by atoms with Gasteiger partial charge in [0.05, 0.1) is 18.1 Å². The third kappa shape index (κ3) is 6.10. The Morgan fingerprint density at radius 3 is 1.97 bits per heavy atom. The van der Waals surface area contributed by atoms with Crippen LogP contribution in [0.25, 0.3) is 0 Å². The number of benzene rings is 2. The quantitative estimate of drug-likeness (QED) is 0.422. The van der Waals surface area contributed by atoms with Crippen molar-refractivity contribution in [2.45, 2.75) is 33.2 Å². The molecule has 1 aliphatic heterocycles. The van der Waals surface area contributed by atoms with Crippen molar-refractivity contribution in [2.75, 3.05) is 44.3 Å². The summed E-state index contributed by atoms with van der Waals surface area (Å²) < 4.78 is 11.7. The number of nitro benzene ring substituents is 1. The largest absolute Gasteiger partial charge is 0.493 e. The summed E-state index contributed by atoms with van der Waals surface area (Å²) in [5.41, 5.74) is 2.36. The summed E-state index contributed by atoms with van der Waals surface area (Å²) in [4.78, 5) is 15.2. The Balaban J connectivity index is 1.60. The molecule has 7 nitrogen and oxygen atoms in total. The van der Waals surface area contributed by atoms with Gasteiger partial charge >= 0.3 is 0 Å². The molecule has 0 unspecified atom stereocenters. The van der Waals surface area contributed by atoms with Crippen molar-refractivity contribution in [3.8, 4) is 11.5 Å². The fraction of sp³-hybridized carbons (Fsp3) is 0.478. The predicted molar refractivity (Wildman–Crippen MR) is 119 cm³/mol. The van der Waals surface area contributed by atoms with Gasteiger partial charge in [0.25, 0.3) is 5.69 Å². The molecule has 0 N–H and O–H groups in total. The summed E-state index contributed by atoms with van der Waals surface area (Å²) in [5, 5.41) is 10.8. The van der Waals surface area contributed by atoms with Crippen molar-refractivity contribution in [3.05, 3.63) is 58.1 Å². The van der Waals surface area contributed by atoms with E-state index in [4.69, 9.17) is 9.47 Å². The van der Waals surface area contributed by atoms with Crippen molar-refractivity contribution in [1.82, 2.24) is 4.90 Å². The van der Waals surface area contributed by atoms with Crippen LogP contribution in [-0.4, -0.2) is 49.2 Å². The molecule has 0 aliphatic carbocycles. The van der Waals surface area contributed by atoms with Gasteiger partial charge in [0.15, 0.2) is 0 Å². The van der Waals surface area contributed by atoms with Crippen LogP contribution < -0.4 is 14.4 Å². The highest BCUT2D eigenvalue weighted by Gasteiger charge is 2.19. The summed E-state index contributed by atoms with van der Waals surface area (Å²) in [5.74, 6) is 1.71. The highest BCUT2D eigenvalue weighted by atomic mass is 16.6. The predicted octanol–water partition coefficient (Wildman–Crippen LogP) is 4.49. The Morgan fingerprint density at radius 2 is 1.47 bits per heavy atom. The molecule has 0 aromatic heterocycles. The molecule has 1 heterocycles. The summed E-state index contributed by atoms with van der Waals surface area (Å²) in [6.45, 7) is 10.1. The zero-order valence-electron chi connectivity index (χ0n) is 17.9. The molecule has 0 saturated carbocycles. The zero-order valence-corrected chi connectivity index (χ0v) is 17.9. The maximum atomic E-state index is 10.8. The number of rotatable bonds is 10. The maximum absolute atomic E-state index is 10.8. The second kappa shape index (κ2) is 10.8. The second-order valence-electron chi connectivity index (χ2n) is 7.55. The number of non-ortho nitro benzene ring substituents is 1. The summed E-state index contributed by atoms with van der Waals surface area (Å²) in [6.07, 6.45) is 1.94. The van der Waals surface area contributed by atoms with Gasteiger partial charge in [0.2, 0.25) is 0 Å². The number of anilines is 1. The highest BCUT2D eigenvalue weighted by Crippen LogP contribution is 2.30. The highest BCUT2D eigenvalue weighted by molar-refractivity contribution is 5.56. The first-order chi connectivity index (χ1) is 14.6. The van der Waals surface area contributed by atoms with Gasteiger partial charge in [-0.2, -0.15) is 0 Å². The number of hydrogen-bond acceptors (Lipinski definition) is 6. The van der Waals surface area contributed by atoms with Crippen LogP contribution in [0.15, 0.2) is 42.5 Å². The number of nitrogens with zero attached hydrogens (tertiary/aromatic N) is 3. The molecule has 7 heteroatoms. The van der Waals surface area contributed by atoms with Crippen molar-refractivity contribution < 1.29 is 14.4 Å². The lowest BCUT2D eigenvalue weighted by Crippen LogP contribution is -2.46. The lowest BCUT2D eigenvalue weighted by Gasteiger charge is -2.36. The van der Waals surface area contributed by atoms with Gasteiger partial charge in [-0.1, -0.05) is 26.0 Å². The van der Waals surface area contributed by atoms with Gasteiger partial charge in [0.1, 0.15) is 11.5 Å². The second-order valence-corrected chi connectivity index (χ2v) is 7.55. The van der Waals surface area contributed by atoms with E-state index in [0.29, 0.717) is 13.2 Å². The topological polar surface area (TPSA) is 68.1 Å². The first-order valence-corrected chi connectivity index (χ1v) is 10.7. The fourth-order valence-corrected chi connectivity index (χ4v) is 3.49. The van der Waals surface area contributed by atoms with Crippen molar-refractivity contribution in [2.24, 2.45) is 0 Å². The van der Waals surface area contributed by atoms with Crippen LogP contribution in [0.5, 0.6) is 11.5 Å². The molecule has 0 bridgehead atoms. The van der Waals surface area contributed by atoms with Crippen LogP contribution >= 0.6 is 0 Å². The molecular weight excluding hydrogens is 382 g/mol. The molecule has 0 atom stereocenters. The minimum absolute atomic E-state index is 0.134. The Labute approximate surface area is 178 Å². The number of piperazine rings is 1. The van der Waals surface area contributed by atoms with E-state index in [-0.39, 0.29) is 10.6 Å². The van der Waals surface area contributed by atoms with E-state index in [1.165, 1.54) is 0 Å². The first-order valence-electron chi connectivity index (χ1n) is 10.7. The monoisotopic (exact) mass is 413 g/mol. The Hall–Kier alpha value is -2.80. The molecule has 1 fully saturated rings. The summed E-state index contributed by atoms with van der Waals surface area (Å²) >= 11 is 0. The Morgan fingerprint density at radius 1 is 0.900 bits per heavy atom. The van der Waals surface area contributed by atoms with Gasteiger partial charge in [-0.3, -0.25) is 15.0 Å². The average Bonchev–Trinajstić information content (AvgIpc) is 2.77. The van der Waals surface area contributed by atoms with Crippen LogP contribution in [0.4, 0.5) is 11.4 Å². The van der Waals surface area contributed by atoms with Crippen LogP contribution in [0.3, 0.4) is 0 Å². The Kier molecular flexibility index (Phi) is 7.90. The van der Waals surface area contributed by atoms with Crippen molar-refractivity contribution in [3.63, 3.8) is 0 Å². The molecule has 2 aromatic rings. The third-order valence-corrected chi connectivity index (χ3v) is 5.10. The maximum Gasteiger partial charge on any atom is 0.269 e. The van der Waals surface area contributed by atoms with E-state index in [9.17, 15) is 10.1 Å². The molecule has 2 aromatic carbocycles. The van der Waals surface area contributed by atoms with Crippen molar-refractivity contribution >= 4 is 11.4 Å². The molecule has 0 spiro atoms. The number of ether oxygens (including phenoxy) is 2. The van der Waals surface area contributed by atoms with Crippen LogP contribution in [0.2, 0.25) is 0 Å². The van der Waals surface area contributed by atoms with Crippen LogP contribution in [-0.2, 0) is 6.54 Å².